The number of carbonyl (C=O) groups excluding carboxylic acids is 2. The van der Waals surface area contributed by atoms with Crippen LogP contribution in [0.15, 0.2) is 36.4 Å². The van der Waals surface area contributed by atoms with E-state index in [0.717, 1.165) is 12.8 Å². The van der Waals surface area contributed by atoms with Gasteiger partial charge in [-0.25, -0.2) is 4.39 Å². The van der Waals surface area contributed by atoms with E-state index in [1.807, 2.05) is 13.8 Å². The van der Waals surface area contributed by atoms with Gasteiger partial charge in [0.1, 0.15) is 30.0 Å². The molecule has 0 saturated carbocycles. The Morgan fingerprint density at radius 1 is 1.19 bits per heavy atom. The molecule has 1 saturated heterocycles. The number of amides is 2. The van der Waals surface area contributed by atoms with Crippen LogP contribution in [-0.4, -0.2) is 52.6 Å². The fourth-order valence-electron chi connectivity index (χ4n) is 5.42. The van der Waals surface area contributed by atoms with Crippen molar-refractivity contribution < 1.29 is 28.6 Å². The standard InChI is InChI=1S/C27H31FN4O5/c1-3-27(4-2)13-23(34)32(26(29)31-27)19-9-10-36-21-7-5-15(11-17(19)21)25(35)30-24-18-12-16(28)6-8-22(18)37-14-20(24)33/h5-8,11-12,19-20,24,33H,3-4,9-10,13-14H2,1-2H3,(H2,29,31)(H,30,35)/t19-,20-,24-/m1/s1. The van der Waals surface area contributed by atoms with Crippen LogP contribution in [0.25, 0.3) is 0 Å². The number of nitrogens with zero attached hydrogens (tertiary/aromatic N) is 1. The molecule has 4 N–H and O–H groups in total. The third-order valence-electron chi connectivity index (χ3n) is 7.72. The number of benzene rings is 2. The van der Waals surface area contributed by atoms with Gasteiger partial charge in [-0.05, 0) is 49.2 Å². The molecule has 196 valence electrons. The molecule has 1 fully saturated rings. The molecule has 37 heavy (non-hydrogen) atoms. The minimum Gasteiger partial charge on any atom is -0.493 e. The minimum atomic E-state index is -1.05. The number of hydrogen-bond donors (Lipinski definition) is 4. The molecule has 9 nitrogen and oxygen atoms in total. The highest BCUT2D eigenvalue weighted by Crippen LogP contribution is 2.40. The maximum absolute atomic E-state index is 13.9. The summed E-state index contributed by atoms with van der Waals surface area (Å²) in [6.45, 7) is 4.35. The molecule has 3 heterocycles. The normalized spacial score (nSPS) is 24.2. The summed E-state index contributed by atoms with van der Waals surface area (Å²) in [5.41, 5.74) is 0.866. The summed E-state index contributed by atoms with van der Waals surface area (Å²) in [6, 6.07) is 7.61. The van der Waals surface area contributed by atoms with E-state index in [0.29, 0.717) is 41.2 Å². The lowest BCUT2D eigenvalue weighted by Crippen LogP contribution is -2.62. The lowest BCUT2D eigenvalue weighted by atomic mass is 9.85. The van der Waals surface area contributed by atoms with Crippen molar-refractivity contribution >= 4 is 17.8 Å². The van der Waals surface area contributed by atoms with E-state index in [-0.39, 0.29) is 24.9 Å². The van der Waals surface area contributed by atoms with Crippen LogP contribution in [0.4, 0.5) is 4.39 Å². The molecule has 2 aromatic carbocycles. The maximum atomic E-state index is 13.9. The Labute approximate surface area is 214 Å². The summed E-state index contributed by atoms with van der Waals surface area (Å²) in [6.07, 6.45) is 1.16. The first-order valence-corrected chi connectivity index (χ1v) is 12.6. The quantitative estimate of drug-likeness (QED) is 0.490. The Morgan fingerprint density at radius 2 is 1.92 bits per heavy atom. The van der Waals surface area contributed by atoms with Crippen LogP contribution in [0, 0.1) is 11.2 Å². The van der Waals surface area contributed by atoms with Crippen molar-refractivity contribution in [2.75, 3.05) is 13.2 Å². The van der Waals surface area contributed by atoms with E-state index in [2.05, 4.69) is 10.6 Å². The highest BCUT2D eigenvalue weighted by Gasteiger charge is 2.43. The molecule has 10 heteroatoms. The van der Waals surface area contributed by atoms with Crippen molar-refractivity contribution in [3.63, 3.8) is 0 Å². The lowest BCUT2D eigenvalue weighted by Gasteiger charge is -2.45. The third kappa shape index (κ3) is 4.50. The second-order valence-corrected chi connectivity index (χ2v) is 9.82. The van der Waals surface area contributed by atoms with Gasteiger partial charge in [0, 0.05) is 28.7 Å². The van der Waals surface area contributed by atoms with Crippen molar-refractivity contribution in [1.29, 1.82) is 5.41 Å². The van der Waals surface area contributed by atoms with Gasteiger partial charge in [-0.3, -0.25) is 19.9 Å². The summed E-state index contributed by atoms with van der Waals surface area (Å²) < 4.78 is 25.2. The first-order valence-electron chi connectivity index (χ1n) is 12.6. The number of aliphatic hydroxyl groups excluding tert-OH is 1. The van der Waals surface area contributed by atoms with Gasteiger partial charge in [0.15, 0.2) is 5.96 Å². The highest BCUT2D eigenvalue weighted by molar-refractivity contribution is 6.00. The van der Waals surface area contributed by atoms with E-state index in [1.54, 1.807) is 18.2 Å². The van der Waals surface area contributed by atoms with Crippen LogP contribution in [0.3, 0.4) is 0 Å². The average molecular weight is 511 g/mol. The Hall–Kier alpha value is -3.66. The zero-order chi connectivity index (χ0) is 26.3. The molecule has 0 spiro atoms. The summed E-state index contributed by atoms with van der Waals surface area (Å²) in [5, 5.41) is 25.2. The summed E-state index contributed by atoms with van der Waals surface area (Å²) in [4.78, 5) is 28.0. The first kappa shape index (κ1) is 25.0. The number of nitrogens with one attached hydrogen (secondary N) is 3. The van der Waals surface area contributed by atoms with Crippen LogP contribution in [0.5, 0.6) is 11.5 Å². The minimum absolute atomic E-state index is 0.0348. The molecule has 5 rings (SSSR count). The smallest absolute Gasteiger partial charge is 0.251 e. The van der Waals surface area contributed by atoms with Gasteiger partial charge < -0.3 is 25.2 Å². The zero-order valence-electron chi connectivity index (χ0n) is 20.8. The largest absolute Gasteiger partial charge is 0.493 e. The van der Waals surface area contributed by atoms with Gasteiger partial charge in [0.25, 0.3) is 5.91 Å². The first-order chi connectivity index (χ1) is 17.7. The number of aliphatic hydroxyl groups is 1. The van der Waals surface area contributed by atoms with Crippen LogP contribution < -0.4 is 20.1 Å². The van der Waals surface area contributed by atoms with Crippen molar-refractivity contribution in [3.8, 4) is 11.5 Å². The van der Waals surface area contributed by atoms with Crippen molar-refractivity contribution in [1.82, 2.24) is 15.5 Å². The van der Waals surface area contributed by atoms with E-state index in [4.69, 9.17) is 14.9 Å². The van der Waals surface area contributed by atoms with Gasteiger partial charge in [-0.15, -0.1) is 0 Å². The number of ether oxygens (including phenoxy) is 2. The molecule has 0 unspecified atom stereocenters. The number of fused-ring (bicyclic) bond motifs is 2. The Kier molecular flexibility index (Phi) is 6.53. The molecule has 0 aliphatic carbocycles. The Bertz CT molecular complexity index is 1230. The highest BCUT2D eigenvalue weighted by atomic mass is 19.1. The molecule has 0 aromatic heterocycles. The number of carbonyl (C=O) groups is 2. The van der Waals surface area contributed by atoms with Crippen molar-refractivity contribution in [2.24, 2.45) is 0 Å². The van der Waals surface area contributed by atoms with Gasteiger partial charge in [-0.2, -0.15) is 0 Å². The molecule has 0 radical (unpaired) electrons. The average Bonchev–Trinajstić information content (AvgIpc) is 2.89. The Balaban J connectivity index is 1.41. The van der Waals surface area contributed by atoms with Crippen molar-refractivity contribution in [2.45, 2.75) is 63.3 Å². The summed E-state index contributed by atoms with van der Waals surface area (Å²) >= 11 is 0. The second kappa shape index (κ2) is 9.66. The summed E-state index contributed by atoms with van der Waals surface area (Å²) in [7, 11) is 0. The fourth-order valence-corrected chi connectivity index (χ4v) is 5.42. The molecule has 3 atom stereocenters. The van der Waals surface area contributed by atoms with Crippen LogP contribution in [0.2, 0.25) is 0 Å². The number of rotatable bonds is 5. The van der Waals surface area contributed by atoms with Gasteiger partial charge in [-0.1, -0.05) is 13.8 Å². The Morgan fingerprint density at radius 3 is 2.65 bits per heavy atom. The zero-order valence-corrected chi connectivity index (χ0v) is 20.8. The molecule has 0 bridgehead atoms. The van der Waals surface area contributed by atoms with E-state index in [9.17, 15) is 19.1 Å². The van der Waals surface area contributed by atoms with E-state index < -0.39 is 35.5 Å². The monoisotopic (exact) mass is 510 g/mol. The van der Waals surface area contributed by atoms with Crippen molar-refractivity contribution in [3.05, 3.63) is 58.9 Å². The van der Waals surface area contributed by atoms with Gasteiger partial charge in [0.2, 0.25) is 5.91 Å². The van der Waals surface area contributed by atoms with Crippen LogP contribution >= 0.6 is 0 Å². The molecule has 3 aliphatic heterocycles. The topological polar surface area (TPSA) is 124 Å². The third-order valence-corrected chi connectivity index (χ3v) is 7.72. The van der Waals surface area contributed by atoms with Crippen LogP contribution in [-0.2, 0) is 4.79 Å². The molecule has 3 aliphatic rings. The molecular weight excluding hydrogens is 479 g/mol. The van der Waals surface area contributed by atoms with E-state index >= 15 is 0 Å². The molecule has 2 amide bonds. The second-order valence-electron chi connectivity index (χ2n) is 9.82. The van der Waals surface area contributed by atoms with Gasteiger partial charge >= 0.3 is 0 Å². The molecule has 2 aromatic rings. The predicted octanol–water partition coefficient (Wildman–Crippen LogP) is 3.19. The lowest BCUT2D eigenvalue weighted by molar-refractivity contribution is -0.133. The SMILES string of the molecule is CCC1(CC)CC(=O)N([C@@H]2CCOc3ccc(C(=O)N[C@@H]4c5cc(F)ccc5OC[C@H]4O)cc32)C(=N)N1. The maximum Gasteiger partial charge on any atom is 0.251 e. The number of hydrogen-bond acceptors (Lipinski definition) is 6. The summed E-state index contributed by atoms with van der Waals surface area (Å²) in [5.74, 6) is -0.0967. The number of guanidine groups is 1. The van der Waals surface area contributed by atoms with Crippen LogP contribution in [0.1, 0.15) is 73.1 Å². The van der Waals surface area contributed by atoms with E-state index in [1.165, 1.54) is 23.1 Å². The predicted molar refractivity (Wildman–Crippen MR) is 133 cm³/mol. The number of halogens is 1. The van der Waals surface area contributed by atoms with Gasteiger partial charge in [0.05, 0.1) is 25.1 Å². The fraction of sp³-hybridized carbons (Fsp3) is 0.444. The molecular formula is C27H31FN4O5.